The Kier molecular flexibility index (Phi) is 12.8. The Morgan fingerprint density at radius 2 is 0.682 bits per heavy atom. The number of hydrogen-bond donors (Lipinski definition) is 0. The quantitative estimate of drug-likeness (QED) is 0.115. The van der Waals surface area contributed by atoms with Gasteiger partial charge >= 0.3 is 0 Å². The molecule has 0 unspecified atom stereocenters. The molecule has 0 aliphatic rings. The molecular weight excluding hydrogens is 1340 g/mol. The first-order valence-electron chi connectivity index (χ1n) is 37.3. The lowest BCUT2D eigenvalue weighted by Gasteiger charge is -2.19. The first kappa shape index (κ1) is 60.4. The number of pyridine rings is 6. The van der Waals surface area contributed by atoms with Gasteiger partial charge in [0.2, 0.25) is 0 Å². The molecule has 0 saturated carbocycles. The molecule has 0 amide bonds. The Morgan fingerprint density at radius 3 is 1.38 bits per heavy atom. The molecule has 0 bridgehead atoms. The summed E-state index contributed by atoms with van der Waals surface area (Å²) in [6, 6.07) is 116. The third-order valence-electron chi connectivity index (χ3n) is 23.1. The summed E-state index contributed by atoms with van der Waals surface area (Å²) in [6.07, 6.45) is 5.58. The maximum Gasteiger partial charge on any atom is 0.144 e. The third kappa shape index (κ3) is 8.96. The van der Waals surface area contributed by atoms with Crippen LogP contribution in [0.4, 0.5) is 0 Å². The monoisotopic (exact) mass is 1400 g/mol. The second kappa shape index (κ2) is 23.3. The number of para-hydroxylation sites is 4. The SMILES string of the molecule is c1cnc2c(c1)cc(-c1ccc3c(ccc4ccc(-c5ccc(-c6nc7ccccc7c7c6ccc6c8cccc(-c9ccc%10cc(-c%11c%12ccccc%12c(-c%12ccc(-c%13nc%14ccccc%14c%14c%13ccc%13c%15ccccc%15oc%13%14)cc%12)c%12ccccc%11%12)c%11cccnc%11c%10n9)c8oc67)cc5)cc43)c1)c1cccnc12. The van der Waals surface area contributed by atoms with Crippen molar-refractivity contribution in [1.82, 2.24) is 29.9 Å². The van der Waals surface area contributed by atoms with Gasteiger partial charge in [-0.1, -0.05) is 237 Å². The van der Waals surface area contributed by atoms with Crippen LogP contribution >= 0.6 is 0 Å². The van der Waals surface area contributed by atoms with Crippen LogP contribution in [0.2, 0.25) is 0 Å². The van der Waals surface area contributed by atoms with Crippen LogP contribution in [-0.2, 0) is 0 Å². The van der Waals surface area contributed by atoms with E-state index in [1.807, 2.05) is 48.9 Å². The fourth-order valence-electron chi connectivity index (χ4n) is 18.1. The molecule has 24 rings (SSSR count). The largest absolute Gasteiger partial charge is 0.455 e. The van der Waals surface area contributed by atoms with Crippen molar-refractivity contribution in [2.45, 2.75) is 0 Å². The molecule has 0 spiro atoms. The van der Waals surface area contributed by atoms with Crippen molar-refractivity contribution < 1.29 is 8.83 Å². The molecule has 0 fully saturated rings. The maximum absolute atomic E-state index is 7.34. The zero-order valence-electron chi connectivity index (χ0n) is 58.8. The first-order valence-corrected chi connectivity index (χ1v) is 37.3. The summed E-state index contributed by atoms with van der Waals surface area (Å²) in [5, 5.41) is 24.1. The van der Waals surface area contributed by atoms with Crippen molar-refractivity contribution in [2.24, 2.45) is 0 Å². The molecule has 506 valence electrons. The molecule has 0 aliphatic heterocycles. The Bertz CT molecular complexity index is 8110. The van der Waals surface area contributed by atoms with Crippen LogP contribution < -0.4 is 0 Å². The minimum absolute atomic E-state index is 0.774. The van der Waals surface area contributed by atoms with E-state index in [9.17, 15) is 0 Å². The molecule has 8 nitrogen and oxygen atoms in total. The topological polar surface area (TPSA) is 104 Å². The molecule has 0 saturated heterocycles. The number of rotatable bonds is 7. The second-order valence-electron chi connectivity index (χ2n) is 29.0. The van der Waals surface area contributed by atoms with E-state index in [4.69, 9.17) is 38.7 Å². The van der Waals surface area contributed by atoms with Gasteiger partial charge in [-0.05, 0) is 173 Å². The van der Waals surface area contributed by atoms with Gasteiger partial charge in [0.1, 0.15) is 22.3 Å². The average Bonchev–Trinajstić information content (AvgIpc) is 1.07. The summed E-state index contributed by atoms with van der Waals surface area (Å²) in [5.74, 6) is 0. The lowest BCUT2D eigenvalue weighted by atomic mass is 9.84. The summed E-state index contributed by atoms with van der Waals surface area (Å²) >= 11 is 0. The highest BCUT2D eigenvalue weighted by Gasteiger charge is 2.25. The molecule has 16 aromatic carbocycles. The lowest BCUT2D eigenvalue weighted by Crippen LogP contribution is -1.94. The standard InChI is InChI=1S/C102H56N6O2/c1-3-19-71-69(17-1)90(59-34-38-61(39-35-59)95-81-47-45-76-68-16-7-10-29-89(68)109-101(76)92(81)78-21-5-8-27-86(78)106-95)70-18-2-4-20-72(70)91(71)85-56-66-43-49-88(108-97(66)99-74(85)26-14-52-105-99)80-24-11-23-75-77-46-48-82-93(102(77)110-100(75)80)79-22-6-9-28-87(79)107-94(82)60-36-30-57(31-37-60)62-40-32-58-33-41-63-53-64(42-44-67(63)83(58)54-62)84-55-65-15-12-50-103-96(65)98-73(84)25-13-51-104-98/h1-56H. The summed E-state index contributed by atoms with van der Waals surface area (Å²) in [5.41, 5.74) is 23.3. The zero-order valence-corrected chi connectivity index (χ0v) is 58.8. The maximum atomic E-state index is 7.34. The van der Waals surface area contributed by atoms with Crippen molar-refractivity contribution in [1.29, 1.82) is 0 Å². The fourth-order valence-corrected chi connectivity index (χ4v) is 18.1. The molecule has 24 aromatic rings. The second-order valence-corrected chi connectivity index (χ2v) is 29.0. The predicted octanol–water partition coefficient (Wildman–Crippen LogP) is 27.4. The predicted molar refractivity (Wildman–Crippen MR) is 456 cm³/mol. The number of nitrogens with zero attached hydrogens (tertiary/aromatic N) is 6. The van der Waals surface area contributed by atoms with Gasteiger partial charge in [-0.15, -0.1) is 0 Å². The third-order valence-corrected chi connectivity index (χ3v) is 23.1. The molecular formula is C102H56N6O2. The number of fused-ring (bicyclic) bond motifs is 25. The number of benzene rings is 16. The summed E-state index contributed by atoms with van der Waals surface area (Å²) in [6.45, 7) is 0. The van der Waals surface area contributed by atoms with Gasteiger partial charge in [0, 0.05) is 111 Å². The highest BCUT2D eigenvalue weighted by atomic mass is 16.3. The van der Waals surface area contributed by atoms with E-state index in [2.05, 4.69) is 291 Å². The molecule has 8 heteroatoms. The van der Waals surface area contributed by atoms with Gasteiger partial charge < -0.3 is 8.83 Å². The van der Waals surface area contributed by atoms with E-state index in [1.54, 1.807) is 0 Å². The molecule has 0 aliphatic carbocycles. The Hall–Kier alpha value is -14.9. The van der Waals surface area contributed by atoms with E-state index < -0.39 is 0 Å². The van der Waals surface area contributed by atoms with Crippen LogP contribution in [0.25, 0.3) is 252 Å². The van der Waals surface area contributed by atoms with Crippen molar-refractivity contribution in [3.8, 4) is 78.3 Å². The van der Waals surface area contributed by atoms with Crippen LogP contribution in [0, 0.1) is 0 Å². The number of hydrogen-bond acceptors (Lipinski definition) is 8. The Labute approximate surface area is 627 Å². The van der Waals surface area contributed by atoms with Gasteiger partial charge in [-0.3, -0.25) is 15.0 Å². The molecule has 0 N–H and O–H groups in total. The van der Waals surface area contributed by atoms with E-state index in [0.717, 1.165) is 225 Å². The van der Waals surface area contributed by atoms with Gasteiger partial charge in [0.25, 0.3) is 0 Å². The van der Waals surface area contributed by atoms with Crippen LogP contribution in [-0.4, -0.2) is 29.9 Å². The average molecular weight is 1400 g/mol. The van der Waals surface area contributed by atoms with Gasteiger partial charge in [-0.25, -0.2) is 15.0 Å². The Morgan fingerprint density at radius 1 is 0.209 bits per heavy atom. The van der Waals surface area contributed by atoms with E-state index in [1.165, 1.54) is 27.1 Å². The highest BCUT2D eigenvalue weighted by molar-refractivity contribution is 6.29. The molecule has 0 radical (unpaired) electrons. The lowest BCUT2D eigenvalue weighted by molar-refractivity contribution is 0.673. The Balaban J connectivity index is 0.586. The molecule has 8 aromatic heterocycles. The van der Waals surface area contributed by atoms with Gasteiger partial charge in [0.15, 0.2) is 0 Å². The molecule has 0 atom stereocenters. The van der Waals surface area contributed by atoms with Crippen LogP contribution in [0.15, 0.2) is 349 Å². The molecule has 8 heterocycles. The smallest absolute Gasteiger partial charge is 0.144 e. The summed E-state index contributed by atoms with van der Waals surface area (Å²) in [7, 11) is 0. The van der Waals surface area contributed by atoms with Crippen molar-refractivity contribution >= 4 is 174 Å². The van der Waals surface area contributed by atoms with Crippen LogP contribution in [0.3, 0.4) is 0 Å². The molecule has 110 heavy (non-hydrogen) atoms. The van der Waals surface area contributed by atoms with Crippen molar-refractivity contribution in [2.75, 3.05) is 0 Å². The van der Waals surface area contributed by atoms with Gasteiger partial charge in [-0.2, -0.15) is 0 Å². The minimum Gasteiger partial charge on any atom is -0.455 e. The van der Waals surface area contributed by atoms with Crippen LogP contribution in [0.5, 0.6) is 0 Å². The van der Waals surface area contributed by atoms with Crippen LogP contribution in [0.1, 0.15) is 0 Å². The zero-order chi connectivity index (χ0) is 71.8. The number of aromatic nitrogens is 6. The highest BCUT2D eigenvalue weighted by Crippen LogP contribution is 2.50. The minimum atomic E-state index is 0.774. The van der Waals surface area contributed by atoms with Crippen molar-refractivity contribution in [3.63, 3.8) is 0 Å². The summed E-state index contributed by atoms with van der Waals surface area (Å²) in [4.78, 5) is 31.1. The number of furan rings is 2. The van der Waals surface area contributed by atoms with E-state index in [0.29, 0.717) is 0 Å². The van der Waals surface area contributed by atoms with Crippen molar-refractivity contribution in [3.05, 3.63) is 340 Å². The van der Waals surface area contributed by atoms with Gasteiger partial charge in [0.05, 0.1) is 50.2 Å². The summed E-state index contributed by atoms with van der Waals surface area (Å²) < 4.78 is 14.0. The van der Waals surface area contributed by atoms with E-state index in [-0.39, 0.29) is 0 Å². The fraction of sp³-hybridized carbons (Fsp3) is 0. The normalized spacial score (nSPS) is 12.2. The van der Waals surface area contributed by atoms with E-state index >= 15 is 0 Å². The first-order chi connectivity index (χ1) is 54.5.